The molecule has 0 unspecified atom stereocenters. The van der Waals surface area contributed by atoms with Gasteiger partial charge in [0.05, 0.1) is 20.3 Å². The summed E-state index contributed by atoms with van der Waals surface area (Å²) in [4.78, 5) is 4.32. The summed E-state index contributed by atoms with van der Waals surface area (Å²) >= 11 is 0. The molecule has 0 radical (unpaired) electrons. The van der Waals surface area contributed by atoms with Crippen molar-refractivity contribution >= 4 is 5.96 Å². The van der Waals surface area contributed by atoms with Crippen molar-refractivity contribution < 1.29 is 14.2 Å². The molecule has 29 heavy (non-hydrogen) atoms. The van der Waals surface area contributed by atoms with Crippen LogP contribution < -0.4 is 24.8 Å². The summed E-state index contributed by atoms with van der Waals surface area (Å²) < 4.78 is 16.8. The van der Waals surface area contributed by atoms with Gasteiger partial charge in [-0.15, -0.1) is 0 Å². The molecule has 0 amide bonds. The van der Waals surface area contributed by atoms with E-state index in [0.29, 0.717) is 12.6 Å². The number of para-hydroxylation sites is 1. The predicted molar refractivity (Wildman–Crippen MR) is 116 cm³/mol. The number of rotatable bonds is 9. The molecule has 0 aliphatic heterocycles. The first-order valence-electron chi connectivity index (χ1n) is 10.1. The molecule has 156 valence electrons. The van der Waals surface area contributed by atoms with Gasteiger partial charge in [-0.25, -0.2) is 0 Å². The van der Waals surface area contributed by atoms with E-state index in [1.54, 1.807) is 21.3 Å². The second-order valence-electron chi connectivity index (χ2n) is 7.07. The van der Waals surface area contributed by atoms with Crippen LogP contribution in [0.3, 0.4) is 0 Å². The molecular weight excluding hydrogens is 366 g/mol. The van der Waals surface area contributed by atoms with Gasteiger partial charge < -0.3 is 24.8 Å². The molecular formula is C23H31N3O3. The molecule has 2 N–H and O–H groups in total. The summed E-state index contributed by atoms with van der Waals surface area (Å²) in [5, 5.41) is 6.74. The number of guanidine groups is 1. The lowest BCUT2D eigenvalue weighted by Crippen LogP contribution is -2.38. The van der Waals surface area contributed by atoms with Crippen LogP contribution in [-0.2, 0) is 13.0 Å². The van der Waals surface area contributed by atoms with E-state index < -0.39 is 0 Å². The number of ether oxygens (including phenoxy) is 3. The van der Waals surface area contributed by atoms with E-state index in [9.17, 15) is 0 Å². The maximum Gasteiger partial charge on any atom is 0.191 e. The molecule has 0 bridgehead atoms. The van der Waals surface area contributed by atoms with Gasteiger partial charge in [-0.1, -0.05) is 24.3 Å². The molecule has 0 heterocycles. The number of nitrogens with zero attached hydrogens (tertiary/aromatic N) is 1. The molecule has 6 heteroatoms. The third-order valence-corrected chi connectivity index (χ3v) is 5.14. The number of benzene rings is 2. The second-order valence-corrected chi connectivity index (χ2v) is 7.07. The van der Waals surface area contributed by atoms with Crippen LogP contribution in [0.15, 0.2) is 47.5 Å². The summed E-state index contributed by atoms with van der Waals surface area (Å²) in [5.41, 5.74) is 2.31. The Balaban J connectivity index is 1.49. The van der Waals surface area contributed by atoms with Crippen molar-refractivity contribution in [2.75, 3.05) is 27.8 Å². The molecule has 0 aromatic heterocycles. The van der Waals surface area contributed by atoms with E-state index in [4.69, 9.17) is 14.2 Å². The lowest BCUT2D eigenvalue weighted by Gasteiger charge is -2.27. The minimum absolute atomic E-state index is 0.370. The average molecular weight is 398 g/mol. The maximum absolute atomic E-state index is 6.10. The highest BCUT2D eigenvalue weighted by molar-refractivity contribution is 5.79. The van der Waals surface area contributed by atoms with E-state index in [1.807, 2.05) is 36.4 Å². The first-order chi connectivity index (χ1) is 14.2. The molecule has 0 spiro atoms. The van der Waals surface area contributed by atoms with Crippen molar-refractivity contribution in [1.29, 1.82) is 0 Å². The molecule has 1 aliphatic rings. The molecule has 0 atom stereocenters. The minimum Gasteiger partial charge on any atom is -0.493 e. The van der Waals surface area contributed by atoms with Crippen molar-refractivity contribution in [2.45, 2.75) is 38.3 Å². The van der Waals surface area contributed by atoms with Crippen LogP contribution in [0.2, 0.25) is 0 Å². The number of nitrogens with one attached hydrogen (secondary N) is 2. The van der Waals surface area contributed by atoms with Gasteiger partial charge in [-0.2, -0.15) is 0 Å². The molecule has 1 saturated carbocycles. The monoisotopic (exact) mass is 397 g/mol. The van der Waals surface area contributed by atoms with Crippen LogP contribution in [0.4, 0.5) is 0 Å². The van der Waals surface area contributed by atoms with Gasteiger partial charge in [0.25, 0.3) is 0 Å². The van der Waals surface area contributed by atoms with Crippen LogP contribution >= 0.6 is 0 Å². The zero-order chi connectivity index (χ0) is 20.5. The normalized spacial score (nSPS) is 14.1. The predicted octanol–water partition coefficient (Wildman–Crippen LogP) is 3.54. The van der Waals surface area contributed by atoms with Crippen molar-refractivity contribution in [3.63, 3.8) is 0 Å². The van der Waals surface area contributed by atoms with Gasteiger partial charge in [-0.3, -0.25) is 4.99 Å². The third-order valence-electron chi connectivity index (χ3n) is 5.14. The van der Waals surface area contributed by atoms with Crippen molar-refractivity contribution in [3.05, 3.63) is 53.6 Å². The van der Waals surface area contributed by atoms with E-state index in [1.165, 1.54) is 12.0 Å². The molecule has 6 nitrogen and oxygen atoms in total. The van der Waals surface area contributed by atoms with Crippen LogP contribution in [0.25, 0.3) is 0 Å². The molecule has 0 saturated heterocycles. The lowest BCUT2D eigenvalue weighted by molar-refractivity contribution is 0.119. The van der Waals surface area contributed by atoms with Gasteiger partial charge in [0, 0.05) is 25.7 Å². The van der Waals surface area contributed by atoms with Gasteiger partial charge in [-0.05, 0) is 49.4 Å². The van der Waals surface area contributed by atoms with Gasteiger partial charge in [0.15, 0.2) is 17.5 Å². The fourth-order valence-electron chi connectivity index (χ4n) is 3.19. The van der Waals surface area contributed by atoms with Crippen molar-refractivity contribution in [1.82, 2.24) is 10.6 Å². The summed E-state index contributed by atoms with van der Waals surface area (Å²) in [6.45, 7) is 1.42. The Kier molecular flexibility index (Phi) is 7.61. The molecule has 3 rings (SSSR count). The third kappa shape index (κ3) is 5.79. The summed E-state index contributed by atoms with van der Waals surface area (Å²) in [7, 11) is 5.07. The fraction of sp³-hybridized carbons (Fsp3) is 0.435. The Morgan fingerprint density at radius 1 is 1.00 bits per heavy atom. The Labute approximate surface area is 173 Å². The van der Waals surface area contributed by atoms with Crippen molar-refractivity contribution in [2.24, 2.45) is 4.99 Å². The lowest BCUT2D eigenvalue weighted by atomic mass is 9.96. The van der Waals surface area contributed by atoms with Gasteiger partial charge in [0.2, 0.25) is 0 Å². The second kappa shape index (κ2) is 10.6. The van der Waals surface area contributed by atoms with Crippen LogP contribution in [0.5, 0.6) is 17.2 Å². The average Bonchev–Trinajstić information content (AvgIpc) is 2.73. The first kappa shape index (κ1) is 20.8. The largest absolute Gasteiger partial charge is 0.493 e. The summed E-state index contributed by atoms with van der Waals surface area (Å²) in [5.74, 6) is 3.22. The molecule has 2 aromatic rings. The molecule has 1 fully saturated rings. The van der Waals surface area contributed by atoms with Crippen LogP contribution in [-0.4, -0.2) is 39.9 Å². The van der Waals surface area contributed by atoms with E-state index in [0.717, 1.165) is 54.6 Å². The zero-order valence-electron chi connectivity index (χ0n) is 17.5. The Morgan fingerprint density at radius 2 is 1.79 bits per heavy atom. The van der Waals surface area contributed by atoms with Crippen LogP contribution in [0.1, 0.15) is 30.4 Å². The standard InChI is InChI=1S/C23H31N3O3/c1-24-23(25-14-13-17-11-12-21(27-2)22(15-17)28-3)26-16-18-7-4-5-10-20(18)29-19-8-6-9-19/h4-5,7,10-12,15,19H,6,8-9,13-14,16H2,1-3H3,(H2,24,25,26). The highest BCUT2D eigenvalue weighted by Crippen LogP contribution is 2.28. The Bertz CT molecular complexity index is 819. The Hall–Kier alpha value is -2.89. The first-order valence-corrected chi connectivity index (χ1v) is 10.1. The highest BCUT2D eigenvalue weighted by atomic mass is 16.5. The highest BCUT2D eigenvalue weighted by Gasteiger charge is 2.20. The van der Waals surface area contributed by atoms with Gasteiger partial charge in [0.1, 0.15) is 5.75 Å². The van der Waals surface area contributed by atoms with E-state index in [-0.39, 0.29) is 0 Å². The minimum atomic E-state index is 0.370. The SMILES string of the molecule is CN=C(NCCc1ccc(OC)c(OC)c1)NCc1ccccc1OC1CCC1. The number of methoxy groups -OCH3 is 2. The topological polar surface area (TPSA) is 64.1 Å². The smallest absolute Gasteiger partial charge is 0.191 e. The van der Waals surface area contributed by atoms with Gasteiger partial charge >= 0.3 is 0 Å². The summed E-state index contributed by atoms with van der Waals surface area (Å²) in [6, 6.07) is 14.2. The fourth-order valence-corrected chi connectivity index (χ4v) is 3.19. The zero-order valence-corrected chi connectivity index (χ0v) is 17.5. The van der Waals surface area contributed by atoms with E-state index in [2.05, 4.69) is 21.7 Å². The number of hydrogen-bond acceptors (Lipinski definition) is 4. The maximum atomic E-state index is 6.10. The molecule has 2 aromatic carbocycles. The number of hydrogen-bond donors (Lipinski definition) is 2. The number of aliphatic imine (C=N–C) groups is 1. The van der Waals surface area contributed by atoms with E-state index >= 15 is 0 Å². The quantitative estimate of drug-likeness (QED) is 0.501. The molecule has 1 aliphatic carbocycles. The van der Waals surface area contributed by atoms with Crippen LogP contribution in [0, 0.1) is 0 Å². The Morgan fingerprint density at radius 3 is 2.48 bits per heavy atom. The summed E-state index contributed by atoms with van der Waals surface area (Å²) in [6.07, 6.45) is 4.79. The van der Waals surface area contributed by atoms with Crippen molar-refractivity contribution in [3.8, 4) is 17.2 Å².